The number of hydrogen-bond donors (Lipinski definition) is 1. The molecule has 1 aliphatic carbocycles. The van der Waals surface area contributed by atoms with Crippen molar-refractivity contribution in [2.45, 2.75) is 58.2 Å². The Kier molecular flexibility index (Phi) is 5.66. The van der Waals surface area contributed by atoms with Crippen LogP contribution in [0.4, 0.5) is 0 Å². The van der Waals surface area contributed by atoms with Gasteiger partial charge in [-0.2, -0.15) is 0 Å². The fourth-order valence-corrected chi connectivity index (χ4v) is 4.37. The molecule has 0 heterocycles. The Morgan fingerprint density at radius 1 is 1.17 bits per heavy atom. The first kappa shape index (κ1) is 16.0. The summed E-state index contributed by atoms with van der Waals surface area (Å²) in [6.07, 6.45) is 4.95. The lowest BCUT2D eigenvalue weighted by Gasteiger charge is -2.39. The third kappa shape index (κ3) is 4.23. The average Bonchev–Trinajstić information content (AvgIpc) is 2.22. The van der Waals surface area contributed by atoms with Crippen molar-refractivity contribution in [2.75, 3.05) is 12.8 Å². The van der Waals surface area contributed by atoms with E-state index in [9.17, 15) is 8.42 Å². The third-order valence-corrected chi connectivity index (χ3v) is 5.99. The molecule has 0 spiro atoms. The monoisotopic (exact) mass is 275 g/mol. The Balaban J connectivity index is 2.84. The highest BCUT2D eigenvalue weighted by molar-refractivity contribution is 7.91. The summed E-state index contributed by atoms with van der Waals surface area (Å²) in [6.45, 7) is 9.32. The van der Waals surface area contributed by atoms with Crippen LogP contribution in [-0.4, -0.2) is 32.5 Å². The van der Waals surface area contributed by atoms with Crippen LogP contribution in [0, 0.1) is 17.8 Å². The zero-order chi connectivity index (χ0) is 13.9. The van der Waals surface area contributed by atoms with Crippen molar-refractivity contribution in [3.63, 3.8) is 0 Å². The van der Waals surface area contributed by atoms with E-state index in [0.29, 0.717) is 17.8 Å². The first-order valence-electron chi connectivity index (χ1n) is 7.17. The molecule has 1 fully saturated rings. The lowest BCUT2D eigenvalue weighted by Crippen LogP contribution is -2.49. The standard InChI is InChI=1S/C14H29NO2S/c1-6-15-14(12(4)18(5,16)17)13-8-10(2)7-11(3)9-13/h10-15H,6-9H2,1-5H3. The van der Waals surface area contributed by atoms with Crippen LogP contribution >= 0.6 is 0 Å². The predicted octanol–water partition coefficient (Wildman–Crippen LogP) is 2.47. The zero-order valence-electron chi connectivity index (χ0n) is 12.4. The van der Waals surface area contributed by atoms with Gasteiger partial charge in [0.15, 0.2) is 9.84 Å². The molecule has 4 heteroatoms. The van der Waals surface area contributed by atoms with Crippen LogP contribution in [0.5, 0.6) is 0 Å². The summed E-state index contributed by atoms with van der Waals surface area (Å²) in [4.78, 5) is 0. The van der Waals surface area contributed by atoms with E-state index in [1.165, 1.54) is 12.7 Å². The predicted molar refractivity (Wildman–Crippen MR) is 77.4 cm³/mol. The van der Waals surface area contributed by atoms with Gasteiger partial charge in [-0.1, -0.05) is 20.8 Å². The minimum atomic E-state index is -2.97. The minimum absolute atomic E-state index is 0.107. The molecule has 18 heavy (non-hydrogen) atoms. The molecule has 108 valence electrons. The van der Waals surface area contributed by atoms with Gasteiger partial charge in [-0.25, -0.2) is 8.42 Å². The molecule has 4 unspecified atom stereocenters. The molecule has 0 aliphatic heterocycles. The maximum Gasteiger partial charge on any atom is 0.151 e. The van der Waals surface area contributed by atoms with Crippen LogP contribution in [0.15, 0.2) is 0 Å². The molecule has 1 saturated carbocycles. The summed E-state index contributed by atoms with van der Waals surface area (Å²) in [7, 11) is -2.97. The van der Waals surface area contributed by atoms with E-state index < -0.39 is 9.84 Å². The van der Waals surface area contributed by atoms with E-state index in [1.807, 2.05) is 6.92 Å². The third-order valence-electron chi connectivity index (χ3n) is 4.34. The normalized spacial score (nSPS) is 33.1. The second-order valence-electron chi connectivity index (χ2n) is 6.30. The van der Waals surface area contributed by atoms with E-state index in [0.717, 1.165) is 19.4 Å². The fourth-order valence-electron chi connectivity index (χ4n) is 3.52. The first-order chi connectivity index (χ1) is 8.25. The van der Waals surface area contributed by atoms with Gasteiger partial charge in [0.2, 0.25) is 0 Å². The molecule has 0 bridgehead atoms. The van der Waals surface area contributed by atoms with E-state index in [-0.39, 0.29) is 11.3 Å². The number of hydrogen-bond acceptors (Lipinski definition) is 3. The summed E-state index contributed by atoms with van der Waals surface area (Å²) >= 11 is 0. The molecule has 1 rings (SSSR count). The largest absolute Gasteiger partial charge is 0.313 e. The maximum atomic E-state index is 11.8. The maximum absolute atomic E-state index is 11.8. The van der Waals surface area contributed by atoms with Crippen molar-refractivity contribution >= 4 is 9.84 Å². The highest BCUT2D eigenvalue weighted by Gasteiger charge is 2.35. The average molecular weight is 275 g/mol. The first-order valence-corrected chi connectivity index (χ1v) is 9.13. The molecular weight excluding hydrogens is 246 g/mol. The topological polar surface area (TPSA) is 46.2 Å². The molecule has 0 aromatic rings. The van der Waals surface area contributed by atoms with Gasteiger partial charge < -0.3 is 5.32 Å². The van der Waals surface area contributed by atoms with Crippen molar-refractivity contribution in [2.24, 2.45) is 17.8 Å². The smallest absolute Gasteiger partial charge is 0.151 e. The van der Waals surface area contributed by atoms with Crippen molar-refractivity contribution in [3.05, 3.63) is 0 Å². The zero-order valence-corrected chi connectivity index (χ0v) is 13.3. The molecule has 0 saturated heterocycles. The summed E-state index contributed by atoms with van der Waals surface area (Å²) in [5, 5.41) is 3.13. The van der Waals surface area contributed by atoms with E-state index in [2.05, 4.69) is 26.1 Å². The summed E-state index contributed by atoms with van der Waals surface area (Å²) in [5.74, 6) is 1.92. The second-order valence-corrected chi connectivity index (χ2v) is 8.70. The van der Waals surface area contributed by atoms with Crippen molar-refractivity contribution in [3.8, 4) is 0 Å². The summed E-state index contributed by atoms with van der Waals surface area (Å²) < 4.78 is 23.6. The highest BCUT2D eigenvalue weighted by Crippen LogP contribution is 2.36. The van der Waals surface area contributed by atoms with Crippen molar-refractivity contribution < 1.29 is 8.42 Å². The lowest BCUT2D eigenvalue weighted by atomic mass is 9.73. The Morgan fingerprint density at radius 3 is 2.06 bits per heavy atom. The van der Waals surface area contributed by atoms with Gasteiger partial charge in [-0.05, 0) is 50.5 Å². The van der Waals surface area contributed by atoms with E-state index in [4.69, 9.17) is 0 Å². The minimum Gasteiger partial charge on any atom is -0.313 e. The van der Waals surface area contributed by atoms with Crippen molar-refractivity contribution in [1.82, 2.24) is 5.32 Å². The molecule has 0 aromatic heterocycles. The van der Waals surface area contributed by atoms with E-state index in [1.54, 1.807) is 0 Å². The van der Waals surface area contributed by atoms with Crippen LogP contribution in [0.1, 0.15) is 47.0 Å². The van der Waals surface area contributed by atoms with Crippen LogP contribution in [0.25, 0.3) is 0 Å². The fraction of sp³-hybridized carbons (Fsp3) is 1.00. The molecule has 3 nitrogen and oxygen atoms in total. The van der Waals surface area contributed by atoms with Gasteiger partial charge in [0.25, 0.3) is 0 Å². The van der Waals surface area contributed by atoms with Gasteiger partial charge in [-0.3, -0.25) is 0 Å². The molecule has 4 atom stereocenters. The Hall–Kier alpha value is -0.0900. The Bertz CT molecular complexity index is 343. The SMILES string of the molecule is CCNC(C1CC(C)CC(C)C1)C(C)S(C)(=O)=O. The molecule has 0 radical (unpaired) electrons. The van der Waals surface area contributed by atoms with E-state index >= 15 is 0 Å². The van der Waals surface area contributed by atoms with Gasteiger partial charge in [0, 0.05) is 12.3 Å². The molecule has 0 aromatic carbocycles. The Morgan fingerprint density at radius 2 is 1.67 bits per heavy atom. The summed E-state index contributed by atoms with van der Waals surface area (Å²) in [5.41, 5.74) is 0. The Labute approximate surface area is 113 Å². The van der Waals surface area contributed by atoms with Crippen LogP contribution in [-0.2, 0) is 9.84 Å². The van der Waals surface area contributed by atoms with Gasteiger partial charge >= 0.3 is 0 Å². The van der Waals surface area contributed by atoms with Gasteiger partial charge in [0.05, 0.1) is 5.25 Å². The number of rotatable bonds is 5. The number of sulfone groups is 1. The van der Waals surface area contributed by atoms with Gasteiger partial charge in [-0.15, -0.1) is 0 Å². The quantitative estimate of drug-likeness (QED) is 0.838. The summed E-state index contributed by atoms with van der Waals surface area (Å²) in [6, 6.07) is 0.107. The van der Waals surface area contributed by atoms with Crippen LogP contribution in [0.3, 0.4) is 0 Å². The molecular formula is C14H29NO2S. The number of nitrogens with one attached hydrogen (secondary N) is 1. The molecule has 0 amide bonds. The molecule has 1 N–H and O–H groups in total. The molecule has 1 aliphatic rings. The van der Waals surface area contributed by atoms with Gasteiger partial charge in [0.1, 0.15) is 0 Å². The van der Waals surface area contributed by atoms with Crippen molar-refractivity contribution in [1.29, 1.82) is 0 Å². The van der Waals surface area contributed by atoms with Crippen LogP contribution < -0.4 is 5.32 Å². The van der Waals surface area contributed by atoms with Crippen LogP contribution in [0.2, 0.25) is 0 Å². The second kappa shape index (κ2) is 6.38. The highest BCUT2D eigenvalue weighted by atomic mass is 32.2. The lowest BCUT2D eigenvalue weighted by molar-refractivity contribution is 0.175.